The summed E-state index contributed by atoms with van der Waals surface area (Å²) in [7, 11) is -1.75. The molecule has 0 atom stereocenters. The summed E-state index contributed by atoms with van der Waals surface area (Å²) in [6, 6.07) is 0. The Morgan fingerprint density at radius 3 is 2.41 bits per heavy atom. The van der Waals surface area contributed by atoms with E-state index in [2.05, 4.69) is 21.7 Å². The second kappa shape index (κ2) is 10.5. The van der Waals surface area contributed by atoms with Crippen molar-refractivity contribution in [3.8, 4) is 0 Å². The lowest BCUT2D eigenvalue weighted by atomic mass is 10.2. The third kappa shape index (κ3) is 6.55. The van der Waals surface area contributed by atoms with Gasteiger partial charge in [-0.3, -0.25) is 4.90 Å². The van der Waals surface area contributed by atoms with Gasteiger partial charge in [0.25, 0.3) is 0 Å². The number of methoxy groups -OCH3 is 1. The van der Waals surface area contributed by atoms with Crippen molar-refractivity contribution in [2.24, 2.45) is 5.92 Å². The summed E-state index contributed by atoms with van der Waals surface area (Å²) in [5.41, 5.74) is 0.958. The molecule has 7 nitrogen and oxygen atoms in total. The fourth-order valence-corrected chi connectivity index (χ4v) is 5.11. The predicted molar refractivity (Wildman–Crippen MR) is 108 cm³/mol. The molecule has 1 aromatic rings. The first-order valence-electron chi connectivity index (χ1n) is 10.1. The van der Waals surface area contributed by atoms with E-state index in [0.717, 1.165) is 45.0 Å². The van der Waals surface area contributed by atoms with Crippen LogP contribution in [0.25, 0.3) is 0 Å². The van der Waals surface area contributed by atoms with Gasteiger partial charge in [-0.05, 0) is 25.3 Å². The second-order valence-corrected chi connectivity index (χ2v) is 9.80. The van der Waals surface area contributed by atoms with Gasteiger partial charge >= 0.3 is 0 Å². The molecule has 27 heavy (non-hydrogen) atoms. The average molecular weight is 401 g/mol. The van der Waals surface area contributed by atoms with Gasteiger partial charge in [0, 0.05) is 46.4 Å². The van der Waals surface area contributed by atoms with Crippen LogP contribution in [0.4, 0.5) is 0 Å². The van der Waals surface area contributed by atoms with Crippen molar-refractivity contribution in [1.82, 2.24) is 19.4 Å². The summed E-state index contributed by atoms with van der Waals surface area (Å²) in [6.45, 7) is 13.3. The number of nitrogens with zero attached hydrogens (tertiary/aromatic N) is 4. The van der Waals surface area contributed by atoms with Gasteiger partial charge in [-0.1, -0.05) is 20.8 Å². The zero-order valence-corrected chi connectivity index (χ0v) is 18.2. The Bertz CT molecular complexity index is 664. The average Bonchev–Trinajstić information content (AvgIpc) is 3.03. The first kappa shape index (κ1) is 22.3. The molecule has 0 amide bonds. The summed E-state index contributed by atoms with van der Waals surface area (Å²) in [4.78, 5) is 9.18. The lowest BCUT2D eigenvalue weighted by molar-refractivity contribution is 0.123. The van der Waals surface area contributed by atoms with Crippen molar-refractivity contribution in [3.05, 3.63) is 11.9 Å². The molecule has 1 aliphatic heterocycles. The van der Waals surface area contributed by atoms with Crippen LogP contribution in [0, 0.1) is 5.92 Å². The molecular weight excluding hydrogens is 364 g/mol. The molecular formula is C19H36N4O3S. The Kier molecular flexibility index (Phi) is 8.72. The zero-order valence-electron chi connectivity index (χ0n) is 17.4. The largest absolute Gasteiger partial charge is 0.383 e. The monoisotopic (exact) mass is 400 g/mol. The van der Waals surface area contributed by atoms with Crippen LogP contribution in [0.1, 0.15) is 39.3 Å². The van der Waals surface area contributed by atoms with E-state index in [1.165, 1.54) is 6.42 Å². The number of ether oxygens (including phenoxy) is 1. The van der Waals surface area contributed by atoms with Gasteiger partial charge in [0.2, 0.25) is 15.0 Å². The van der Waals surface area contributed by atoms with Crippen molar-refractivity contribution in [3.63, 3.8) is 0 Å². The third-order valence-corrected chi connectivity index (χ3v) is 6.71. The molecule has 1 saturated heterocycles. The van der Waals surface area contributed by atoms with Crippen LogP contribution in [-0.4, -0.2) is 80.0 Å². The molecule has 156 valence electrons. The molecule has 0 bridgehead atoms. The number of aromatic nitrogens is 2. The smallest absolute Gasteiger partial charge is 0.227 e. The van der Waals surface area contributed by atoms with Crippen LogP contribution >= 0.6 is 0 Å². The van der Waals surface area contributed by atoms with E-state index in [9.17, 15) is 8.42 Å². The first-order chi connectivity index (χ1) is 12.9. The van der Waals surface area contributed by atoms with Crippen molar-refractivity contribution in [2.75, 3.05) is 52.2 Å². The SMILES string of the molecule is CCCN1CCN(Cc2cnc(S(=O)(=O)CCC(C)C)n2CCOC)CC1. The highest BCUT2D eigenvalue weighted by Crippen LogP contribution is 2.18. The maximum atomic E-state index is 12.8. The van der Waals surface area contributed by atoms with Gasteiger partial charge in [-0.2, -0.15) is 0 Å². The summed E-state index contributed by atoms with van der Waals surface area (Å²) in [5, 5.41) is 0.194. The molecule has 0 saturated carbocycles. The molecule has 0 radical (unpaired) electrons. The predicted octanol–water partition coefficient (Wildman–Crippen LogP) is 1.88. The van der Waals surface area contributed by atoms with Crippen LogP contribution in [0.15, 0.2) is 11.4 Å². The second-order valence-electron chi connectivity index (χ2n) is 7.80. The van der Waals surface area contributed by atoms with Crippen LogP contribution in [0.2, 0.25) is 0 Å². The minimum absolute atomic E-state index is 0.143. The van der Waals surface area contributed by atoms with Gasteiger partial charge < -0.3 is 14.2 Å². The summed E-state index contributed by atoms with van der Waals surface area (Å²) >= 11 is 0. The number of hydrogen-bond acceptors (Lipinski definition) is 6. The van der Waals surface area contributed by atoms with E-state index in [0.29, 0.717) is 25.5 Å². The number of sulfone groups is 1. The van der Waals surface area contributed by atoms with Gasteiger partial charge in [0.15, 0.2) is 0 Å². The van der Waals surface area contributed by atoms with Crippen molar-refractivity contribution < 1.29 is 13.2 Å². The quantitative estimate of drug-likeness (QED) is 0.565. The number of piperazine rings is 1. The lowest BCUT2D eigenvalue weighted by Crippen LogP contribution is -2.46. The normalized spacial score (nSPS) is 17.1. The van der Waals surface area contributed by atoms with Gasteiger partial charge in [0.1, 0.15) is 0 Å². The Labute approximate surface area is 164 Å². The first-order valence-corrected chi connectivity index (χ1v) is 11.7. The number of imidazole rings is 1. The van der Waals surface area contributed by atoms with E-state index < -0.39 is 9.84 Å². The molecule has 0 spiro atoms. The standard InChI is InChI=1S/C19H36N4O3S/c1-5-7-21-8-10-22(11-9-21)16-18-15-20-19(23(18)12-13-26-4)27(24,25)14-6-17(2)3/h15,17H,5-14,16H2,1-4H3. The van der Waals surface area contributed by atoms with E-state index >= 15 is 0 Å². The number of rotatable bonds is 11. The van der Waals surface area contributed by atoms with Crippen molar-refractivity contribution in [1.29, 1.82) is 0 Å². The maximum Gasteiger partial charge on any atom is 0.227 e. The minimum atomic E-state index is -3.38. The Morgan fingerprint density at radius 1 is 1.15 bits per heavy atom. The van der Waals surface area contributed by atoms with Crippen LogP contribution < -0.4 is 0 Å². The summed E-state index contributed by atoms with van der Waals surface area (Å²) < 4.78 is 32.6. The van der Waals surface area contributed by atoms with E-state index in [-0.39, 0.29) is 10.9 Å². The fraction of sp³-hybridized carbons (Fsp3) is 0.842. The summed E-state index contributed by atoms with van der Waals surface area (Å²) in [5.74, 6) is 0.491. The molecule has 0 aliphatic carbocycles. The molecule has 0 unspecified atom stereocenters. The highest BCUT2D eigenvalue weighted by atomic mass is 32.2. The van der Waals surface area contributed by atoms with Gasteiger partial charge in [-0.15, -0.1) is 0 Å². The lowest BCUT2D eigenvalue weighted by Gasteiger charge is -2.34. The van der Waals surface area contributed by atoms with Gasteiger partial charge in [0.05, 0.1) is 24.3 Å². The molecule has 1 fully saturated rings. The molecule has 2 heterocycles. The Balaban J connectivity index is 2.11. The summed E-state index contributed by atoms with van der Waals surface area (Å²) in [6.07, 6.45) is 3.56. The molecule has 1 aromatic heterocycles. The van der Waals surface area contributed by atoms with Crippen LogP contribution in [0.3, 0.4) is 0 Å². The van der Waals surface area contributed by atoms with E-state index in [1.807, 2.05) is 18.4 Å². The Hall–Kier alpha value is -0.960. The van der Waals surface area contributed by atoms with Crippen molar-refractivity contribution in [2.45, 2.75) is 51.9 Å². The minimum Gasteiger partial charge on any atom is -0.383 e. The van der Waals surface area contributed by atoms with Crippen molar-refractivity contribution >= 4 is 9.84 Å². The van der Waals surface area contributed by atoms with E-state index in [4.69, 9.17) is 4.74 Å². The highest BCUT2D eigenvalue weighted by molar-refractivity contribution is 7.91. The molecule has 2 rings (SSSR count). The Morgan fingerprint density at radius 2 is 1.81 bits per heavy atom. The highest BCUT2D eigenvalue weighted by Gasteiger charge is 2.25. The zero-order chi connectivity index (χ0) is 19.9. The fourth-order valence-electron chi connectivity index (χ4n) is 3.39. The molecule has 0 N–H and O–H groups in total. The topological polar surface area (TPSA) is 67.7 Å². The van der Waals surface area contributed by atoms with Gasteiger partial charge in [-0.25, -0.2) is 13.4 Å². The van der Waals surface area contributed by atoms with Crippen LogP contribution in [0.5, 0.6) is 0 Å². The molecule has 8 heteroatoms. The third-order valence-electron chi connectivity index (χ3n) is 5.05. The molecule has 1 aliphatic rings. The number of hydrogen-bond donors (Lipinski definition) is 0. The van der Waals surface area contributed by atoms with E-state index in [1.54, 1.807) is 13.3 Å². The maximum absolute atomic E-state index is 12.8. The molecule has 0 aromatic carbocycles. The van der Waals surface area contributed by atoms with Crippen LogP contribution in [-0.2, 0) is 27.7 Å².